The van der Waals surface area contributed by atoms with Gasteiger partial charge in [0.15, 0.2) is 9.84 Å². The van der Waals surface area contributed by atoms with Crippen molar-refractivity contribution in [3.8, 4) is 0 Å². The summed E-state index contributed by atoms with van der Waals surface area (Å²) in [5, 5.41) is 0.588. The van der Waals surface area contributed by atoms with Gasteiger partial charge in [-0.3, -0.25) is 4.79 Å². The highest BCUT2D eigenvalue weighted by atomic mass is 79.9. The lowest BCUT2D eigenvalue weighted by Crippen LogP contribution is -2.40. The van der Waals surface area contributed by atoms with Crippen LogP contribution in [-0.2, 0) is 16.4 Å². The molecule has 3 rings (SSSR count). The highest BCUT2D eigenvalue weighted by Crippen LogP contribution is 2.25. The van der Waals surface area contributed by atoms with Gasteiger partial charge in [-0.1, -0.05) is 35.9 Å². The Hall–Kier alpha value is -1.37. The minimum atomic E-state index is -3.10. The molecule has 0 aliphatic carbocycles. The lowest BCUT2D eigenvalue weighted by Gasteiger charge is -2.29. The third-order valence-corrected chi connectivity index (χ3v) is 6.93. The number of sulfone groups is 1. The molecule has 7 heteroatoms. The van der Waals surface area contributed by atoms with Crippen molar-refractivity contribution in [2.75, 3.05) is 11.5 Å². The fourth-order valence-electron chi connectivity index (χ4n) is 3.01. The van der Waals surface area contributed by atoms with E-state index in [0.717, 1.165) is 5.56 Å². The van der Waals surface area contributed by atoms with Crippen molar-refractivity contribution < 1.29 is 13.2 Å². The van der Waals surface area contributed by atoms with Gasteiger partial charge in [0.1, 0.15) is 0 Å². The maximum absolute atomic E-state index is 13.1. The highest BCUT2D eigenvalue weighted by Gasteiger charge is 2.35. The van der Waals surface area contributed by atoms with E-state index in [0.29, 0.717) is 28.0 Å². The van der Waals surface area contributed by atoms with Gasteiger partial charge in [-0.05, 0) is 52.2 Å². The first-order chi connectivity index (χ1) is 11.9. The number of rotatable bonds is 4. The quantitative estimate of drug-likeness (QED) is 0.721. The summed E-state index contributed by atoms with van der Waals surface area (Å²) in [6.07, 6.45) is 0.457. The predicted octanol–water partition coefficient (Wildman–Crippen LogP) is 3.93. The maximum atomic E-state index is 13.1. The molecule has 0 bridgehead atoms. The van der Waals surface area contributed by atoms with E-state index in [1.165, 1.54) is 0 Å². The Morgan fingerprint density at radius 1 is 1.20 bits per heavy atom. The molecule has 1 amide bonds. The highest BCUT2D eigenvalue weighted by molar-refractivity contribution is 9.10. The van der Waals surface area contributed by atoms with Crippen LogP contribution in [0.4, 0.5) is 0 Å². The van der Waals surface area contributed by atoms with E-state index in [4.69, 9.17) is 11.6 Å². The number of hydrogen-bond donors (Lipinski definition) is 0. The molecule has 0 spiro atoms. The normalized spacial score (nSPS) is 18.9. The summed E-state index contributed by atoms with van der Waals surface area (Å²) in [7, 11) is -3.10. The van der Waals surface area contributed by atoms with Crippen LogP contribution in [0.15, 0.2) is 53.0 Å². The van der Waals surface area contributed by atoms with Gasteiger partial charge in [0.05, 0.1) is 17.1 Å². The lowest BCUT2D eigenvalue weighted by atomic mass is 10.1. The van der Waals surface area contributed by atoms with E-state index in [-0.39, 0.29) is 23.5 Å². The molecule has 0 radical (unpaired) electrons. The Morgan fingerprint density at radius 3 is 2.60 bits per heavy atom. The van der Waals surface area contributed by atoms with Crippen molar-refractivity contribution in [2.24, 2.45) is 0 Å². The van der Waals surface area contributed by atoms with Gasteiger partial charge in [-0.2, -0.15) is 0 Å². The van der Waals surface area contributed by atoms with Crippen molar-refractivity contribution in [1.82, 2.24) is 4.90 Å². The standard InChI is InChI=1S/C18H17BrClNO3S/c19-17-7-2-1-6-16(17)18(22)21(15-8-9-25(23,24)12-15)11-13-4-3-5-14(20)10-13/h1-7,10,15H,8-9,11-12H2. The number of hydrogen-bond acceptors (Lipinski definition) is 3. The van der Waals surface area contributed by atoms with Crippen molar-refractivity contribution >= 4 is 43.3 Å². The van der Waals surface area contributed by atoms with Gasteiger partial charge in [-0.15, -0.1) is 0 Å². The van der Waals surface area contributed by atoms with Crippen LogP contribution in [0.3, 0.4) is 0 Å². The summed E-state index contributed by atoms with van der Waals surface area (Å²) in [4.78, 5) is 14.8. The molecule has 132 valence electrons. The van der Waals surface area contributed by atoms with Gasteiger partial charge < -0.3 is 4.90 Å². The largest absolute Gasteiger partial charge is 0.330 e. The second kappa shape index (κ2) is 7.48. The average molecular weight is 443 g/mol. The average Bonchev–Trinajstić information content (AvgIpc) is 2.92. The van der Waals surface area contributed by atoms with E-state index in [9.17, 15) is 13.2 Å². The smallest absolute Gasteiger partial charge is 0.255 e. The van der Waals surface area contributed by atoms with Gasteiger partial charge in [0.2, 0.25) is 0 Å². The second-order valence-electron chi connectivity index (χ2n) is 6.10. The van der Waals surface area contributed by atoms with Gasteiger partial charge in [0.25, 0.3) is 5.91 Å². The van der Waals surface area contributed by atoms with E-state index < -0.39 is 9.84 Å². The number of carbonyl (C=O) groups excluding carboxylic acids is 1. The molecule has 2 aromatic carbocycles. The monoisotopic (exact) mass is 441 g/mol. The molecular weight excluding hydrogens is 426 g/mol. The zero-order valence-corrected chi connectivity index (χ0v) is 16.5. The lowest BCUT2D eigenvalue weighted by molar-refractivity contribution is 0.0680. The van der Waals surface area contributed by atoms with Crippen LogP contribution in [0.25, 0.3) is 0 Å². The van der Waals surface area contributed by atoms with Crippen molar-refractivity contribution in [3.05, 3.63) is 69.2 Å². The molecule has 0 N–H and O–H groups in total. The van der Waals surface area contributed by atoms with Gasteiger partial charge in [0, 0.05) is 22.1 Å². The molecule has 1 heterocycles. The summed E-state index contributed by atoms with van der Waals surface area (Å²) in [5.41, 5.74) is 1.39. The topological polar surface area (TPSA) is 54.5 Å². The van der Waals surface area contributed by atoms with E-state index in [1.54, 1.807) is 35.2 Å². The van der Waals surface area contributed by atoms with Crippen LogP contribution < -0.4 is 0 Å². The van der Waals surface area contributed by atoms with Gasteiger partial charge in [-0.25, -0.2) is 8.42 Å². The molecule has 2 aromatic rings. The number of halogens is 2. The van der Waals surface area contributed by atoms with Crippen molar-refractivity contribution in [1.29, 1.82) is 0 Å². The fraction of sp³-hybridized carbons (Fsp3) is 0.278. The van der Waals surface area contributed by atoms with Crippen LogP contribution in [0, 0.1) is 0 Å². The fourth-order valence-corrected chi connectivity index (χ4v) is 5.41. The summed E-state index contributed by atoms with van der Waals surface area (Å²) in [6.45, 7) is 0.320. The number of nitrogens with zero attached hydrogens (tertiary/aromatic N) is 1. The summed E-state index contributed by atoms with van der Waals surface area (Å²) in [6, 6.07) is 14.1. The van der Waals surface area contributed by atoms with E-state index in [1.807, 2.05) is 18.2 Å². The Morgan fingerprint density at radius 2 is 1.96 bits per heavy atom. The third kappa shape index (κ3) is 4.43. The first-order valence-corrected chi connectivity index (χ1v) is 10.9. The van der Waals surface area contributed by atoms with E-state index in [2.05, 4.69) is 15.9 Å². The molecule has 1 atom stereocenters. The Kier molecular flexibility index (Phi) is 5.51. The summed E-state index contributed by atoms with van der Waals surface area (Å²) >= 11 is 9.45. The molecule has 1 fully saturated rings. The number of benzene rings is 2. The van der Waals surface area contributed by atoms with Crippen LogP contribution in [0.2, 0.25) is 5.02 Å². The van der Waals surface area contributed by atoms with Gasteiger partial charge >= 0.3 is 0 Å². The Labute approximate surface area is 160 Å². The molecule has 1 aliphatic heterocycles. The first-order valence-electron chi connectivity index (χ1n) is 7.86. The zero-order chi connectivity index (χ0) is 18.0. The molecule has 4 nitrogen and oxygen atoms in total. The molecule has 0 aromatic heterocycles. The van der Waals surface area contributed by atoms with Crippen LogP contribution >= 0.6 is 27.5 Å². The van der Waals surface area contributed by atoms with Crippen LogP contribution in [0.5, 0.6) is 0 Å². The molecule has 1 unspecified atom stereocenters. The van der Waals surface area contributed by atoms with Crippen molar-refractivity contribution in [3.63, 3.8) is 0 Å². The zero-order valence-electron chi connectivity index (χ0n) is 13.4. The maximum Gasteiger partial charge on any atom is 0.255 e. The summed E-state index contributed by atoms with van der Waals surface area (Å²) in [5.74, 6) is -0.0639. The Balaban J connectivity index is 1.94. The predicted molar refractivity (Wildman–Crippen MR) is 103 cm³/mol. The first kappa shape index (κ1) is 18.4. The minimum absolute atomic E-state index is 0.00373. The minimum Gasteiger partial charge on any atom is -0.330 e. The molecular formula is C18H17BrClNO3S. The molecule has 1 saturated heterocycles. The molecule has 25 heavy (non-hydrogen) atoms. The molecule has 1 aliphatic rings. The number of carbonyl (C=O) groups is 1. The second-order valence-corrected chi connectivity index (χ2v) is 9.62. The van der Waals surface area contributed by atoms with Crippen LogP contribution in [0.1, 0.15) is 22.3 Å². The third-order valence-electron chi connectivity index (χ3n) is 4.26. The van der Waals surface area contributed by atoms with Crippen LogP contribution in [-0.4, -0.2) is 36.8 Å². The molecule has 0 saturated carbocycles. The summed E-state index contributed by atoms with van der Waals surface area (Å²) < 4.78 is 24.5. The Bertz CT molecular complexity index is 901. The van der Waals surface area contributed by atoms with E-state index >= 15 is 0 Å². The van der Waals surface area contributed by atoms with Crippen molar-refractivity contribution in [2.45, 2.75) is 19.0 Å². The number of amides is 1. The SMILES string of the molecule is O=C(c1ccccc1Br)N(Cc1cccc(Cl)c1)C1CCS(=O)(=O)C1.